The van der Waals surface area contributed by atoms with Crippen molar-refractivity contribution in [3.05, 3.63) is 77.6 Å². The Morgan fingerprint density at radius 3 is 2.52 bits per heavy atom. The minimum atomic E-state index is -1.01. The van der Waals surface area contributed by atoms with Crippen LogP contribution in [0.4, 0.5) is 0 Å². The molecule has 0 saturated heterocycles. The molecule has 1 aromatic heterocycles. The van der Waals surface area contributed by atoms with E-state index in [4.69, 9.17) is 14.3 Å². The zero-order chi connectivity index (χ0) is 22.4. The lowest BCUT2D eigenvalue weighted by Crippen LogP contribution is -2.24. The normalized spacial score (nSPS) is 11.5. The number of rotatable bonds is 7. The van der Waals surface area contributed by atoms with Crippen molar-refractivity contribution in [3.63, 3.8) is 0 Å². The number of carbonyl (C=O) groups is 2. The van der Waals surface area contributed by atoms with E-state index < -0.39 is 11.9 Å². The third-order valence-electron chi connectivity index (χ3n) is 4.49. The Morgan fingerprint density at radius 2 is 1.84 bits per heavy atom. The lowest BCUT2D eigenvalue weighted by molar-refractivity contribution is -0.123. The minimum absolute atomic E-state index is 0.0510. The molecule has 1 heterocycles. The van der Waals surface area contributed by atoms with Gasteiger partial charge in [-0.25, -0.2) is 10.2 Å². The van der Waals surface area contributed by atoms with E-state index in [9.17, 15) is 9.59 Å². The molecule has 0 bridgehead atoms. The lowest BCUT2D eigenvalue weighted by Gasteiger charge is -2.19. The Bertz CT molecular complexity index is 1090. The van der Waals surface area contributed by atoms with E-state index in [1.807, 2.05) is 24.3 Å². The predicted molar refractivity (Wildman–Crippen MR) is 117 cm³/mol. The van der Waals surface area contributed by atoms with Crippen LogP contribution in [-0.2, 0) is 10.2 Å². The van der Waals surface area contributed by atoms with Gasteiger partial charge in [-0.05, 0) is 47.4 Å². The number of hydrogen-bond donors (Lipinski definition) is 2. The van der Waals surface area contributed by atoms with Crippen LogP contribution in [0.15, 0.2) is 70.2 Å². The number of hydrogen-bond acceptors (Lipinski definition) is 5. The van der Waals surface area contributed by atoms with Gasteiger partial charge in [0.2, 0.25) is 0 Å². The summed E-state index contributed by atoms with van der Waals surface area (Å²) in [5.74, 6) is 0.0985. The standard InChI is InChI=1S/C24H24N2O5/c1-24(2,3)18-7-9-19(10-8-18)30-15-22(27)26-25-14-20-11-12-21(31-20)16-5-4-6-17(13-16)23(28)29/h4-14H,15H2,1-3H3,(H,26,27)(H,28,29)/b25-14+. The summed E-state index contributed by atoms with van der Waals surface area (Å²) in [4.78, 5) is 23.0. The number of aromatic carboxylic acids is 1. The molecule has 7 heteroatoms. The van der Waals surface area contributed by atoms with Gasteiger partial charge in [0.25, 0.3) is 5.91 Å². The summed E-state index contributed by atoms with van der Waals surface area (Å²) in [5, 5.41) is 12.9. The number of carboxylic acids is 1. The number of carboxylic acid groups (broad SMARTS) is 1. The quantitative estimate of drug-likeness (QED) is 0.434. The molecule has 31 heavy (non-hydrogen) atoms. The van der Waals surface area contributed by atoms with Gasteiger partial charge in [-0.15, -0.1) is 0 Å². The van der Waals surface area contributed by atoms with Gasteiger partial charge in [-0.3, -0.25) is 4.79 Å². The van der Waals surface area contributed by atoms with Crippen LogP contribution in [0, 0.1) is 0 Å². The van der Waals surface area contributed by atoms with Crippen molar-refractivity contribution in [1.29, 1.82) is 0 Å². The van der Waals surface area contributed by atoms with E-state index in [2.05, 4.69) is 31.3 Å². The average molecular weight is 420 g/mol. The highest BCUT2D eigenvalue weighted by molar-refractivity contribution is 5.89. The summed E-state index contributed by atoms with van der Waals surface area (Å²) >= 11 is 0. The number of nitrogens with one attached hydrogen (secondary N) is 1. The van der Waals surface area contributed by atoms with E-state index in [-0.39, 0.29) is 17.6 Å². The molecule has 3 rings (SSSR count). The van der Waals surface area contributed by atoms with E-state index in [0.29, 0.717) is 22.8 Å². The summed E-state index contributed by atoms with van der Waals surface area (Å²) in [5.41, 5.74) is 4.42. The van der Waals surface area contributed by atoms with E-state index in [1.54, 1.807) is 24.3 Å². The number of nitrogens with zero attached hydrogens (tertiary/aromatic N) is 1. The molecule has 0 saturated carbocycles. The van der Waals surface area contributed by atoms with Crippen molar-refractivity contribution in [1.82, 2.24) is 5.43 Å². The SMILES string of the molecule is CC(C)(C)c1ccc(OCC(=O)N/N=C/c2ccc(-c3cccc(C(=O)O)c3)o2)cc1. The van der Waals surface area contributed by atoms with Crippen molar-refractivity contribution in [2.24, 2.45) is 5.10 Å². The van der Waals surface area contributed by atoms with Gasteiger partial charge in [0.15, 0.2) is 6.61 Å². The Kier molecular flexibility index (Phi) is 6.55. The summed E-state index contributed by atoms with van der Waals surface area (Å²) < 4.78 is 11.1. The summed E-state index contributed by atoms with van der Waals surface area (Å²) in [6.45, 7) is 6.22. The van der Waals surface area contributed by atoms with Crippen LogP contribution in [0.3, 0.4) is 0 Å². The molecule has 0 aliphatic heterocycles. The molecule has 2 N–H and O–H groups in total. The molecule has 0 aliphatic carbocycles. The van der Waals surface area contributed by atoms with Crippen LogP contribution in [0.5, 0.6) is 5.75 Å². The molecule has 0 aliphatic rings. The van der Waals surface area contributed by atoms with Gasteiger partial charge < -0.3 is 14.3 Å². The minimum Gasteiger partial charge on any atom is -0.484 e. The zero-order valence-electron chi connectivity index (χ0n) is 17.6. The summed E-state index contributed by atoms with van der Waals surface area (Å²) in [7, 11) is 0. The van der Waals surface area contributed by atoms with Gasteiger partial charge in [-0.1, -0.05) is 45.0 Å². The molecule has 0 atom stereocenters. The third-order valence-corrected chi connectivity index (χ3v) is 4.49. The first-order valence-electron chi connectivity index (χ1n) is 9.71. The molecular weight excluding hydrogens is 396 g/mol. The Labute approximate surface area is 180 Å². The molecule has 7 nitrogen and oxygen atoms in total. The van der Waals surface area contributed by atoms with Crippen LogP contribution < -0.4 is 10.2 Å². The second-order valence-corrected chi connectivity index (χ2v) is 7.94. The van der Waals surface area contributed by atoms with Crippen molar-refractivity contribution >= 4 is 18.1 Å². The van der Waals surface area contributed by atoms with E-state index in [1.165, 1.54) is 23.9 Å². The van der Waals surface area contributed by atoms with Gasteiger partial charge in [0.1, 0.15) is 17.3 Å². The van der Waals surface area contributed by atoms with Crippen molar-refractivity contribution in [2.75, 3.05) is 6.61 Å². The fourth-order valence-electron chi connectivity index (χ4n) is 2.78. The zero-order valence-corrected chi connectivity index (χ0v) is 17.6. The first-order chi connectivity index (χ1) is 14.7. The molecular formula is C24H24N2O5. The molecule has 0 unspecified atom stereocenters. The molecule has 3 aromatic rings. The molecule has 1 amide bonds. The number of hydrazone groups is 1. The van der Waals surface area contributed by atoms with E-state index in [0.717, 1.165) is 0 Å². The Morgan fingerprint density at radius 1 is 1.10 bits per heavy atom. The number of furan rings is 1. The maximum atomic E-state index is 11.9. The maximum absolute atomic E-state index is 11.9. The highest BCUT2D eigenvalue weighted by Crippen LogP contribution is 2.24. The van der Waals surface area contributed by atoms with Gasteiger partial charge in [0, 0.05) is 5.56 Å². The van der Waals surface area contributed by atoms with Gasteiger partial charge in [-0.2, -0.15) is 5.10 Å². The lowest BCUT2D eigenvalue weighted by atomic mass is 9.87. The first kappa shape index (κ1) is 21.8. The van der Waals surface area contributed by atoms with Crippen LogP contribution in [0.25, 0.3) is 11.3 Å². The highest BCUT2D eigenvalue weighted by atomic mass is 16.5. The Hall–Kier alpha value is -3.87. The third kappa shape index (κ3) is 6.05. The van der Waals surface area contributed by atoms with Crippen LogP contribution in [0.2, 0.25) is 0 Å². The van der Waals surface area contributed by atoms with Crippen LogP contribution in [-0.4, -0.2) is 29.8 Å². The number of benzene rings is 2. The predicted octanol–water partition coefficient (Wildman–Crippen LogP) is 4.47. The maximum Gasteiger partial charge on any atom is 0.335 e. The van der Waals surface area contributed by atoms with Crippen LogP contribution in [0.1, 0.15) is 42.5 Å². The fourth-order valence-corrected chi connectivity index (χ4v) is 2.78. The van der Waals surface area contributed by atoms with E-state index >= 15 is 0 Å². The number of amides is 1. The fraction of sp³-hybridized carbons (Fsp3) is 0.208. The van der Waals surface area contributed by atoms with Crippen LogP contribution >= 0.6 is 0 Å². The van der Waals surface area contributed by atoms with Crippen molar-refractivity contribution in [3.8, 4) is 17.1 Å². The second kappa shape index (κ2) is 9.30. The smallest absolute Gasteiger partial charge is 0.335 e. The second-order valence-electron chi connectivity index (χ2n) is 7.94. The highest BCUT2D eigenvalue weighted by Gasteiger charge is 2.13. The summed E-state index contributed by atoms with van der Waals surface area (Å²) in [6, 6.07) is 17.4. The van der Waals surface area contributed by atoms with Gasteiger partial charge >= 0.3 is 5.97 Å². The number of ether oxygens (including phenoxy) is 1. The molecule has 0 radical (unpaired) electrons. The van der Waals surface area contributed by atoms with Crippen molar-refractivity contribution in [2.45, 2.75) is 26.2 Å². The van der Waals surface area contributed by atoms with Gasteiger partial charge in [0.05, 0.1) is 11.8 Å². The topological polar surface area (TPSA) is 101 Å². The monoisotopic (exact) mass is 420 g/mol. The summed E-state index contributed by atoms with van der Waals surface area (Å²) in [6.07, 6.45) is 1.36. The Balaban J connectivity index is 1.51. The first-order valence-corrected chi connectivity index (χ1v) is 9.71. The molecule has 160 valence electrons. The van der Waals surface area contributed by atoms with Crippen molar-refractivity contribution < 1.29 is 23.8 Å². The largest absolute Gasteiger partial charge is 0.484 e. The average Bonchev–Trinajstić information content (AvgIpc) is 3.21. The molecule has 0 fully saturated rings. The molecule has 2 aromatic carbocycles. The number of carbonyl (C=O) groups excluding carboxylic acids is 1. The molecule has 0 spiro atoms.